The number of hydrogen-bond acceptors (Lipinski definition) is 2. The third kappa shape index (κ3) is 2.19. The SMILES string of the molecule is OCC1(Cc2csc3ccccc23)CCCCC1. The maximum Gasteiger partial charge on any atom is 0.0490 e. The average molecular weight is 260 g/mol. The topological polar surface area (TPSA) is 20.2 Å². The van der Waals surface area contributed by atoms with Crippen LogP contribution in [0.15, 0.2) is 29.6 Å². The van der Waals surface area contributed by atoms with E-state index < -0.39 is 0 Å². The van der Waals surface area contributed by atoms with E-state index in [1.165, 1.54) is 47.8 Å². The Kier molecular flexibility index (Phi) is 3.40. The first-order valence-electron chi connectivity index (χ1n) is 6.89. The standard InChI is InChI=1S/C16H20OS/c17-12-16(8-4-1-5-9-16)10-13-11-18-15-7-3-2-6-14(13)15/h2-3,6-7,11,17H,1,4-5,8-10,12H2. The first-order chi connectivity index (χ1) is 8.83. The van der Waals surface area contributed by atoms with E-state index in [0.717, 1.165) is 6.42 Å². The van der Waals surface area contributed by atoms with Crippen molar-refractivity contribution in [1.29, 1.82) is 0 Å². The Hall–Kier alpha value is -0.860. The number of fused-ring (bicyclic) bond motifs is 1. The Bertz CT molecular complexity index is 523. The van der Waals surface area contributed by atoms with Gasteiger partial charge in [-0.3, -0.25) is 0 Å². The van der Waals surface area contributed by atoms with Crippen LogP contribution in [-0.2, 0) is 6.42 Å². The predicted octanol–water partition coefficient (Wildman–Crippen LogP) is 4.39. The van der Waals surface area contributed by atoms with Gasteiger partial charge in [0, 0.05) is 11.3 Å². The molecule has 1 fully saturated rings. The lowest BCUT2D eigenvalue weighted by Crippen LogP contribution is -2.30. The second-order valence-corrected chi connectivity index (χ2v) is 6.56. The highest BCUT2D eigenvalue weighted by molar-refractivity contribution is 7.17. The molecule has 0 spiro atoms. The van der Waals surface area contributed by atoms with Crippen molar-refractivity contribution < 1.29 is 5.11 Å². The van der Waals surface area contributed by atoms with Crippen molar-refractivity contribution in [1.82, 2.24) is 0 Å². The van der Waals surface area contributed by atoms with E-state index in [1.807, 2.05) is 11.3 Å². The molecule has 1 aromatic carbocycles. The van der Waals surface area contributed by atoms with E-state index in [0.29, 0.717) is 6.61 Å². The van der Waals surface area contributed by atoms with Crippen LogP contribution in [0.25, 0.3) is 10.1 Å². The molecule has 0 saturated heterocycles. The number of benzene rings is 1. The molecule has 0 bridgehead atoms. The molecule has 3 rings (SSSR count). The molecule has 0 radical (unpaired) electrons. The predicted molar refractivity (Wildman–Crippen MR) is 78.1 cm³/mol. The summed E-state index contributed by atoms with van der Waals surface area (Å²) in [5.74, 6) is 0. The smallest absolute Gasteiger partial charge is 0.0490 e. The van der Waals surface area contributed by atoms with Gasteiger partial charge in [0.1, 0.15) is 0 Å². The van der Waals surface area contributed by atoms with Crippen LogP contribution >= 0.6 is 11.3 Å². The average Bonchev–Trinajstić information content (AvgIpc) is 2.83. The minimum absolute atomic E-state index is 0.155. The molecular formula is C16H20OS. The molecule has 0 aliphatic heterocycles. The summed E-state index contributed by atoms with van der Waals surface area (Å²) in [6.07, 6.45) is 7.33. The van der Waals surface area contributed by atoms with Crippen molar-refractivity contribution in [3.63, 3.8) is 0 Å². The molecule has 1 N–H and O–H groups in total. The molecule has 0 unspecified atom stereocenters. The fourth-order valence-electron chi connectivity index (χ4n) is 3.27. The van der Waals surface area contributed by atoms with E-state index in [2.05, 4.69) is 29.6 Å². The lowest BCUT2D eigenvalue weighted by molar-refractivity contribution is 0.0827. The molecule has 0 atom stereocenters. The fourth-order valence-corrected chi connectivity index (χ4v) is 4.23. The van der Waals surface area contributed by atoms with Crippen molar-refractivity contribution in [2.45, 2.75) is 38.5 Å². The Morgan fingerprint density at radius 3 is 2.67 bits per heavy atom. The molecule has 1 aromatic heterocycles. The van der Waals surface area contributed by atoms with Crippen LogP contribution in [0.5, 0.6) is 0 Å². The summed E-state index contributed by atoms with van der Waals surface area (Å²) in [6, 6.07) is 8.63. The summed E-state index contributed by atoms with van der Waals surface area (Å²) in [6.45, 7) is 0.344. The number of rotatable bonds is 3. The number of aliphatic hydroxyl groups excluding tert-OH is 1. The quantitative estimate of drug-likeness (QED) is 0.868. The van der Waals surface area contributed by atoms with Crippen LogP contribution in [0.4, 0.5) is 0 Å². The van der Waals surface area contributed by atoms with Crippen LogP contribution in [-0.4, -0.2) is 11.7 Å². The van der Waals surface area contributed by atoms with Gasteiger partial charge >= 0.3 is 0 Å². The fraction of sp³-hybridized carbons (Fsp3) is 0.500. The Labute approximate surface area is 112 Å². The Morgan fingerprint density at radius 1 is 1.11 bits per heavy atom. The maximum absolute atomic E-state index is 9.82. The van der Waals surface area contributed by atoms with Gasteiger partial charge in [-0.2, -0.15) is 0 Å². The minimum Gasteiger partial charge on any atom is -0.396 e. The molecular weight excluding hydrogens is 240 g/mol. The number of hydrogen-bond donors (Lipinski definition) is 1. The van der Waals surface area contributed by atoms with Crippen LogP contribution in [0.3, 0.4) is 0 Å². The third-order valence-electron chi connectivity index (χ3n) is 4.38. The van der Waals surface area contributed by atoms with Gasteiger partial charge in [0.25, 0.3) is 0 Å². The second kappa shape index (κ2) is 5.02. The van der Waals surface area contributed by atoms with E-state index in [1.54, 1.807) is 0 Å². The van der Waals surface area contributed by atoms with Gasteiger partial charge in [-0.1, -0.05) is 37.5 Å². The summed E-state index contributed by atoms with van der Waals surface area (Å²) in [5.41, 5.74) is 1.59. The van der Waals surface area contributed by atoms with Gasteiger partial charge in [-0.15, -0.1) is 11.3 Å². The first kappa shape index (κ1) is 12.2. The van der Waals surface area contributed by atoms with E-state index >= 15 is 0 Å². The largest absolute Gasteiger partial charge is 0.396 e. The van der Waals surface area contributed by atoms with E-state index in [4.69, 9.17) is 0 Å². The first-order valence-corrected chi connectivity index (χ1v) is 7.77. The van der Waals surface area contributed by atoms with Crippen LogP contribution in [0.2, 0.25) is 0 Å². The highest BCUT2D eigenvalue weighted by Crippen LogP contribution is 2.41. The van der Waals surface area contributed by atoms with Crippen LogP contribution < -0.4 is 0 Å². The maximum atomic E-state index is 9.82. The number of aliphatic hydroxyl groups is 1. The molecule has 1 nitrogen and oxygen atoms in total. The van der Waals surface area contributed by atoms with E-state index in [-0.39, 0.29) is 5.41 Å². The van der Waals surface area contributed by atoms with Crippen LogP contribution in [0.1, 0.15) is 37.7 Å². The molecule has 96 valence electrons. The van der Waals surface area contributed by atoms with Gasteiger partial charge in [-0.25, -0.2) is 0 Å². The molecule has 0 amide bonds. The molecule has 2 aromatic rings. The van der Waals surface area contributed by atoms with Gasteiger partial charge in [-0.05, 0) is 47.1 Å². The normalized spacial score (nSPS) is 19.2. The second-order valence-electron chi connectivity index (χ2n) is 5.65. The minimum atomic E-state index is 0.155. The van der Waals surface area contributed by atoms with Crippen molar-refractivity contribution in [2.75, 3.05) is 6.61 Å². The van der Waals surface area contributed by atoms with Crippen molar-refractivity contribution in [2.24, 2.45) is 5.41 Å². The lowest BCUT2D eigenvalue weighted by atomic mass is 9.71. The van der Waals surface area contributed by atoms with Gasteiger partial charge in [0.15, 0.2) is 0 Å². The lowest BCUT2D eigenvalue weighted by Gasteiger charge is -2.35. The summed E-state index contributed by atoms with van der Waals surface area (Å²) in [4.78, 5) is 0. The molecule has 1 aliphatic carbocycles. The summed E-state index contributed by atoms with van der Waals surface area (Å²) < 4.78 is 1.37. The Balaban J connectivity index is 1.90. The van der Waals surface area contributed by atoms with Crippen molar-refractivity contribution in [3.8, 4) is 0 Å². The zero-order valence-corrected chi connectivity index (χ0v) is 11.5. The molecule has 1 heterocycles. The summed E-state index contributed by atoms with van der Waals surface area (Å²) in [7, 11) is 0. The van der Waals surface area contributed by atoms with Crippen molar-refractivity contribution in [3.05, 3.63) is 35.2 Å². The van der Waals surface area contributed by atoms with Gasteiger partial charge < -0.3 is 5.11 Å². The Morgan fingerprint density at radius 2 is 1.89 bits per heavy atom. The summed E-state index contributed by atoms with van der Waals surface area (Å²) in [5, 5.41) is 13.5. The zero-order chi connectivity index (χ0) is 12.4. The third-order valence-corrected chi connectivity index (χ3v) is 5.39. The van der Waals surface area contributed by atoms with Crippen molar-refractivity contribution >= 4 is 21.4 Å². The monoisotopic (exact) mass is 260 g/mol. The highest BCUT2D eigenvalue weighted by atomic mass is 32.1. The van der Waals surface area contributed by atoms with Gasteiger partial charge in [0.2, 0.25) is 0 Å². The molecule has 1 saturated carbocycles. The highest BCUT2D eigenvalue weighted by Gasteiger charge is 2.32. The number of thiophene rings is 1. The molecule has 18 heavy (non-hydrogen) atoms. The molecule has 1 aliphatic rings. The van der Waals surface area contributed by atoms with Gasteiger partial charge in [0.05, 0.1) is 0 Å². The van der Waals surface area contributed by atoms with E-state index in [9.17, 15) is 5.11 Å². The molecule has 2 heteroatoms. The summed E-state index contributed by atoms with van der Waals surface area (Å²) >= 11 is 1.83. The zero-order valence-electron chi connectivity index (χ0n) is 10.7. The van der Waals surface area contributed by atoms with Crippen LogP contribution in [0, 0.1) is 5.41 Å².